The number of hydrogen-bond acceptors (Lipinski definition) is 3. The summed E-state index contributed by atoms with van der Waals surface area (Å²) >= 11 is 0. The van der Waals surface area contributed by atoms with Crippen molar-refractivity contribution in [1.82, 2.24) is 10.6 Å². The number of carbonyl (C=O) groups is 1. The molecule has 2 N–H and O–H groups in total. The predicted octanol–water partition coefficient (Wildman–Crippen LogP) is 0.949. The minimum atomic E-state index is 0. The second kappa shape index (κ2) is 8.79. The first-order chi connectivity index (χ1) is 7.27. The van der Waals surface area contributed by atoms with Crippen molar-refractivity contribution >= 4 is 18.3 Å². The molecule has 0 aromatic heterocycles. The number of hydrogen-bond donors (Lipinski definition) is 2. The molecule has 1 aliphatic carbocycles. The maximum absolute atomic E-state index is 11.4. The monoisotopic (exact) mass is 250 g/mol. The van der Waals surface area contributed by atoms with Crippen LogP contribution < -0.4 is 10.6 Å². The van der Waals surface area contributed by atoms with E-state index < -0.39 is 0 Å². The van der Waals surface area contributed by atoms with Crippen LogP contribution in [0.25, 0.3) is 0 Å². The van der Waals surface area contributed by atoms with Crippen LogP contribution in [-0.2, 0) is 9.53 Å². The maximum Gasteiger partial charge on any atom is 0.234 e. The minimum Gasteiger partial charge on any atom is -0.383 e. The molecule has 1 saturated carbocycles. The molecule has 1 fully saturated rings. The molecule has 2 atom stereocenters. The van der Waals surface area contributed by atoms with Gasteiger partial charge in [0.15, 0.2) is 0 Å². The summed E-state index contributed by atoms with van der Waals surface area (Å²) in [4.78, 5) is 11.4. The molecular weight excluding hydrogens is 228 g/mol. The van der Waals surface area contributed by atoms with E-state index in [2.05, 4.69) is 17.6 Å². The summed E-state index contributed by atoms with van der Waals surface area (Å²) in [7, 11) is 1.65. The maximum atomic E-state index is 11.4. The van der Waals surface area contributed by atoms with Gasteiger partial charge in [-0.15, -0.1) is 12.4 Å². The highest BCUT2D eigenvalue weighted by Crippen LogP contribution is 2.34. The standard InChI is InChI=1S/C11H22N2O2.ClH/c1-3-4-9-7-10(9)13-11(14)8-12-5-6-15-2;/h9-10,12H,3-8H2,1-2H3,(H,13,14);1H. The largest absolute Gasteiger partial charge is 0.383 e. The minimum absolute atomic E-state index is 0. The lowest BCUT2D eigenvalue weighted by atomic mass is 10.2. The highest BCUT2D eigenvalue weighted by Gasteiger charge is 2.36. The van der Waals surface area contributed by atoms with Crippen LogP contribution in [0.15, 0.2) is 0 Å². The summed E-state index contributed by atoms with van der Waals surface area (Å²) in [6.45, 7) is 3.96. The Morgan fingerprint density at radius 2 is 2.25 bits per heavy atom. The Kier molecular flexibility index (Phi) is 8.61. The summed E-state index contributed by atoms with van der Waals surface area (Å²) < 4.78 is 4.87. The molecule has 16 heavy (non-hydrogen) atoms. The van der Waals surface area contributed by atoms with E-state index in [1.54, 1.807) is 7.11 Å². The number of halogens is 1. The Morgan fingerprint density at radius 1 is 1.50 bits per heavy atom. The van der Waals surface area contributed by atoms with Gasteiger partial charge in [-0.25, -0.2) is 0 Å². The average Bonchev–Trinajstić information content (AvgIpc) is 2.92. The van der Waals surface area contributed by atoms with Crippen LogP contribution in [0.5, 0.6) is 0 Å². The van der Waals surface area contributed by atoms with Crippen LogP contribution in [0.2, 0.25) is 0 Å². The lowest BCUT2D eigenvalue weighted by Crippen LogP contribution is -2.36. The van der Waals surface area contributed by atoms with Crippen molar-refractivity contribution in [3.8, 4) is 0 Å². The number of methoxy groups -OCH3 is 1. The smallest absolute Gasteiger partial charge is 0.234 e. The van der Waals surface area contributed by atoms with Gasteiger partial charge in [0.1, 0.15) is 0 Å². The van der Waals surface area contributed by atoms with Gasteiger partial charge in [0.2, 0.25) is 5.91 Å². The van der Waals surface area contributed by atoms with Crippen molar-refractivity contribution in [1.29, 1.82) is 0 Å². The molecule has 4 nitrogen and oxygen atoms in total. The number of amides is 1. The third-order valence-corrected chi connectivity index (χ3v) is 2.70. The zero-order valence-corrected chi connectivity index (χ0v) is 10.9. The molecule has 0 aromatic rings. The lowest BCUT2D eigenvalue weighted by Gasteiger charge is -2.05. The molecule has 0 heterocycles. The van der Waals surface area contributed by atoms with Gasteiger partial charge in [0, 0.05) is 19.7 Å². The van der Waals surface area contributed by atoms with E-state index >= 15 is 0 Å². The Bertz CT molecular complexity index is 202. The Hall–Kier alpha value is -0.320. The first-order valence-corrected chi connectivity index (χ1v) is 5.77. The van der Waals surface area contributed by atoms with Crippen molar-refractivity contribution < 1.29 is 9.53 Å². The van der Waals surface area contributed by atoms with Gasteiger partial charge in [-0.1, -0.05) is 13.3 Å². The van der Waals surface area contributed by atoms with E-state index in [0.29, 0.717) is 19.2 Å². The van der Waals surface area contributed by atoms with Gasteiger partial charge in [-0.2, -0.15) is 0 Å². The quantitative estimate of drug-likeness (QED) is 0.631. The fourth-order valence-electron chi connectivity index (χ4n) is 1.75. The highest BCUT2D eigenvalue weighted by molar-refractivity contribution is 5.85. The molecule has 5 heteroatoms. The predicted molar refractivity (Wildman–Crippen MR) is 66.9 cm³/mol. The van der Waals surface area contributed by atoms with Crippen LogP contribution in [0.1, 0.15) is 26.2 Å². The van der Waals surface area contributed by atoms with Gasteiger partial charge >= 0.3 is 0 Å². The molecule has 1 aliphatic rings. The summed E-state index contributed by atoms with van der Waals surface area (Å²) in [5, 5.41) is 6.05. The molecule has 0 spiro atoms. The topological polar surface area (TPSA) is 50.4 Å². The lowest BCUT2D eigenvalue weighted by molar-refractivity contribution is -0.120. The summed E-state index contributed by atoms with van der Waals surface area (Å²) in [5.74, 6) is 0.840. The number of rotatable bonds is 8. The van der Waals surface area contributed by atoms with Gasteiger partial charge < -0.3 is 15.4 Å². The van der Waals surface area contributed by atoms with E-state index in [1.807, 2.05) is 0 Å². The number of ether oxygens (including phenoxy) is 1. The molecule has 0 aliphatic heterocycles. The highest BCUT2D eigenvalue weighted by atomic mass is 35.5. The normalized spacial score (nSPS) is 22.4. The number of nitrogens with one attached hydrogen (secondary N) is 2. The fourth-order valence-corrected chi connectivity index (χ4v) is 1.75. The summed E-state index contributed by atoms with van der Waals surface area (Å²) in [6.07, 6.45) is 3.61. The van der Waals surface area contributed by atoms with Crippen LogP contribution >= 0.6 is 12.4 Å². The fraction of sp³-hybridized carbons (Fsp3) is 0.909. The van der Waals surface area contributed by atoms with Crippen LogP contribution in [0.4, 0.5) is 0 Å². The van der Waals surface area contributed by atoms with Gasteiger partial charge in [0.25, 0.3) is 0 Å². The third-order valence-electron chi connectivity index (χ3n) is 2.70. The third kappa shape index (κ3) is 6.30. The molecule has 0 aromatic carbocycles. The van der Waals surface area contributed by atoms with Crippen molar-refractivity contribution in [2.24, 2.45) is 5.92 Å². The van der Waals surface area contributed by atoms with Gasteiger partial charge in [0.05, 0.1) is 13.2 Å². The Balaban J connectivity index is 0.00000225. The van der Waals surface area contributed by atoms with Crippen molar-refractivity contribution in [3.05, 3.63) is 0 Å². The van der Waals surface area contributed by atoms with Crippen molar-refractivity contribution in [2.45, 2.75) is 32.2 Å². The van der Waals surface area contributed by atoms with Crippen LogP contribution in [0.3, 0.4) is 0 Å². The summed E-state index contributed by atoms with van der Waals surface area (Å²) in [5.41, 5.74) is 0. The van der Waals surface area contributed by atoms with Gasteiger partial charge in [-0.05, 0) is 18.8 Å². The zero-order valence-electron chi connectivity index (χ0n) is 10.1. The first-order valence-electron chi connectivity index (χ1n) is 5.77. The Morgan fingerprint density at radius 3 is 2.88 bits per heavy atom. The molecule has 2 unspecified atom stereocenters. The molecule has 0 saturated heterocycles. The Labute approximate surface area is 104 Å². The van der Waals surface area contributed by atoms with E-state index in [1.165, 1.54) is 12.8 Å². The molecule has 0 bridgehead atoms. The van der Waals surface area contributed by atoms with Crippen LogP contribution in [0, 0.1) is 5.92 Å². The molecule has 96 valence electrons. The molecule has 0 radical (unpaired) electrons. The number of carbonyl (C=O) groups excluding carboxylic acids is 1. The van der Waals surface area contributed by atoms with Gasteiger partial charge in [-0.3, -0.25) is 4.79 Å². The average molecular weight is 251 g/mol. The second-order valence-electron chi connectivity index (χ2n) is 4.13. The van der Waals surface area contributed by atoms with E-state index in [9.17, 15) is 4.79 Å². The summed E-state index contributed by atoms with van der Waals surface area (Å²) in [6, 6.07) is 0.446. The van der Waals surface area contributed by atoms with E-state index in [-0.39, 0.29) is 18.3 Å². The SMILES string of the molecule is CCCC1CC1NC(=O)CNCCOC.Cl. The van der Waals surface area contributed by atoms with Crippen molar-refractivity contribution in [3.63, 3.8) is 0 Å². The van der Waals surface area contributed by atoms with Crippen molar-refractivity contribution in [2.75, 3.05) is 26.8 Å². The zero-order chi connectivity index (χ0) is 11.1. The molecular formula is C11H23ClN2O2. The second-order valence-corrected chi connectivity index (χ2v) is 4.13. The molecule has 1 amide bonds. The van der Waals surface area contributed by atoms with E-state index in [4.69, 9.17) is 4.74 Å². The first kappa shape index (κ1) is 15.7. The molecule has 1 rings (SSSR count). The van der Waals surface area contributed by atoms with Crippen LogP contribution in [-0.4, -0.2) is 38.8 Å². The van der Waals surface area contributed by atoms with E-state index in [0.717, 1.165) is 18.9 Å².